The van der Waals surface area contributed by atoms with E-state index in [-0.39, 0.29) is 5.02 Å². The monoisotopic (exact) mass is 428 g/mol. The number of pyridine rings is 1. The molecular formula is C23H26ClFN4O. The SMILES string of the molecule is O/N=C(\Cc1ccc(F)c(Cl)c1)c1ccnc2c1CC(=NCCC1CCCCC1)N2. The summed E-state index contributed by atoms with van der Waals surface area (Å²) in [5.41, 5.74) is 3.04. The van der Waals surface area contributed by atoms with Crippen LogP contribution in [-0.4, -0.2) is 28.3 Å². The van der Waals surface area contributed by atoms with Gasteiger partial charge in [-0.15, -0.1) is 0 Å². The van der Waals surface area contributed by atoms with Crippen molar-refractivity contribution in [3.05, 3.63) is 58.0 Å². The number of nitrogens with zero attached hydrogens (tertiary/aromatic N) is 3. The van der Waals surface area contributed by atoms with Crippen LogP contribution in [0.2, 0.25) is 5.02 Å². The Labute approximate surface area is 181 Å². The van der Waals surface area contributed by atoms with Crippen LogP contribution >= 0.6 is 11.6 Å². The second kappa shape index (κ2) is 9.56. The van der Waals surface area contributed by atoms with Crippen molar-refractivity contribution in [1.29, 1.82) is 0 Å². The molecule has 2 N–H and O–H groups in total. The fourth-order valence-electron chi connectivity index (χ4n) is 4.38. The molecule has 7 heteroatoms. The summed E-state index contributed by atoms with van der Waals surface area (Å²) in [6.07, 6.45) is 10.5. The summed E-state index contributed by atoms with van der Waals surface area (Å²) < 4.78 is 13.4. The molecule has 2 aromatic rings. The van der Waals surface area contributed by atoms with Gasteiger partial charge in [0.1, 0.15) is 17.5 Å². The standard InChI is InChI=1S/C23H26ClFN4O/c24-19-12-16(6-7-20(19)25)13-21(29-30)17-9-11-27-23-18(17)14-22(28-23)26-10-8-15-4-2-1-3-5-15/h6-7,9,11-12,15,30H,1-5,8,10,13-14H2,(H,26,27,28)/b29-21+. The number of rotatable bonds is 6. The highest BCUT2D eigenvalue weighted by atomic mass is 35.5. The van der Waals surface area contributed by atoms with Crippen molar-refractivity contribution in [3.8, 4) is 0 Å². The van der Waals surface area contributed by atoms with E-state index in [1.165, 1.54) is 38.2 Å². The molecule has 5 nitrogen and oxygen atoms in total. The van der Waals surface area contributed by atoms with Gasteiger partial charge in [0, 0.05) is 36.7 Å². The van der Waals surface area contributed by atoms with E-state index in [1.54, 1.807) is 18.3 Å². The molecule has 0 saturated heterocycles. The fourth-order valence-corrected chi connectivity index (χ4v) is 4.58. The summed E-state index contributed by atoms with van der Waals surface area (Å²) in [6.45, 7) is 0.825. The molecule has 1 aliphatic carbocycles. The van der Waals surface area contributed by atoms with Crippen LogP contribution in [0.4, 0.5) is 10.2 Å². The number of hydrogen-bond donors (Lipinski definition) is 2. The van der Waals surface area contributed by atoms with Crippen LogP contribution < -0.4 is 5.32 Å². The highest BCUT2D eigenvalue weighted by molar-refractivity contribution is 6.30. The molecule has 0 bridgehead atoms. The van der Waals surface area contributed by atoms with Crippen LogP contribution in [-0.2, 0) is 12.8 Å². The highest BCUT2D eigenvalue weighted by Gasteiger charge is 2.23. The maximum atomic E-state index is 13.4. The molecule has 158 valence electrons. The number of amidine groups is 1. The zero-order chi connectivity index (χ0) is 20.9. The predicted octanol–water partition coefficient (Wildman–Crippen LogP) is 5.63. The first-order valence-electron chi connectivity index (χ1n) is 10.6. The lowest BCUT2D eigenvalue weighted by atomic mass is 9.87. The molecule has 1 aliphatic heterocycles. The molecule has 0 unspecified atom stereocenters. The predicted molar refractivity (Wildman–Crippen MR) is 118 cm³/mol. The van der Waals surface area contributed by atoms with Crippen LogP contribution in [0, 0.1) is 11.7 Å². The topological polar surface area (TPSA) is 69.9 Å². The van der Waals surface area contributed by atoms with Crippen LogP contribution in [0.25, 0.3) is 0 Å². The van der Waals surface area contributed by atoms with Gasteiger partial charge >= 0.3 is 0 Å². The van der Waals surface area contributed by atoms with Gasteiger partial charge in [-0.05, 0) is 36.1 Å². The minimum atomic E-state index is -0.467. The Morgan fingerprint density at radius 2 is 2.07 bits per heavy atom. The van der Waals surface area contributed by atoms with Gasteiger partial charge in [0.25, 0.3) is 0 Å². The summed E-state index contributed by atoms with van der Waals surface area (Å²) in [4.78, 5) is 9.19. The van der Waals surface area contributed by atoms with Gasteiger partial charge in [-0.3, -0.25) is 4.99 Å². The van der Waals surface area contributed by atoms with Crippen molar-refractivity contribution in [2.75, 3.05) is 11.9 Å². The molecule has 2 aliphatic rings. The maximum Gasteiger partial charge on any atom is 0.141 e. The van der Waals surface area contributed by atoms with Gasteiger partial charge in [0.05, 0.1) is 10.7 Å². The minimum absolute atomic E-state index is 0.0544. The van der Waals surface area contributed by atoms with Crippen molar-refractivity contribution in [1.82, 2.24) is 4.98 Å². The Hall–Kier alpha value is -2.47. The molecule has 1 saturated carbocycles. The molecule has 0 spiro atoms. The lowest BCUT2D eigenvalue weighted by Crippen LogP contribution is -2.11. The molecule has 1 aromatic heterocycles. The summed E-state index contributed by atoms with van der Waals surface area (Å²) in [5, 5.41) is 16.5. The number of aromatic nitrogens is 1. The number of fused-ring (bicyclic) bond motifs is 1. The molecule has 0 amide bonds. The molecular weight excluding hydrogens is 403 g/mol. The van der Waals surface area contributed by atoms with Crippen molar-refractivity contribution in [2.45, 2.75) is 51.4 Å². The van der Waals surface area contributed by atoms with E-state index in [0.29, 0.717) is 18.6 Å². The fraction of sp³-hybridized carbons (Fsp3) is 0.435. The van der Waals surface area contributed by atoms with Crippen molar-refractivity contribution >= 4 is 29.0 Å². The van der Waals surface area contributed by atoms with E-state index < -0.39 is 5.82 Å². The molecule has 30 heavy (non-hydrogen) atoms. The van der Waals surface area contributed by atoms with Crippen molar-refractivity contribution in [3.63, 3.8) is 0 Å². The maximum absolute atomic E-state index is 13.4. The summed E-state index contributed by atoms with van der Waals surface area (Å²) >= 11 is 5.89. The lowest BCUT2D eigenvalue weighted by Gasteiger charge is -2.20. The van der Waals surface area contributed by atoms with Gasteiger partial charge in [-0.2, -0.15) is 0 Å². The smallest absolute Gasteiger partial charge is 0.141 e. The van der Waals surface area contributed by atoms with E-state index >= 15 is 0 Å². The Kier molecular flexibility index (Phi) is 6.62. The number of hydrogen-bond acceptors (Lipinski definition) is 4. The van der Waals surface area contributed by atoms with Crippen LogP contribution in [0.5, 0.6) is 0 Å². The summed E-state index contributed by atoms with van der Waals surface area (Å²) in [7, 11) is 0. The number of aliphatic imine (C=N–C) groups is 1. The minimum Gasteiger partial charge on any atom is -0.411 e. The van der Waals surface area contributed by atoms with Gasteiger partial charge < -0.3 is 10.5 Å². The molecule has 2 heterocycles. The Balaban J connectivity index is 1.46. The molecule has 1 fully saturated rings. The summed E-state index contributed by atoms with van der Waals surface area (Å²) in [5.74, 6) is 1.99. The molecule has 1 aromatic carbocycles. The average molecular weight is 429 g/mol. The number of anilines is 1. The van der Waals surface area contributed by atoms with E-state index in [9.17, 15) is 9.60 Å². The number of oxime groups is 1. The number of nitrogens with one attached hydrogen (secondary N) is 1. The van der Waals surface area contributed by atoms with Gasteiger partial charge in [-0.1, -0.05) is 54.9 Å². The van der Waals surface area contributed by atoms with Gasteiger partial charge in [0.15, 0.2) is 0 Å². The third-order valence-corrected chi connectivity index (χ3v) is 6.30. The number of benzene rings is 1. The first-order chi connectivity index (χ1) is 14.6. The Bertz CT molecular complexity index is 970. The second-order valence-electron chi connectivity index (χ2n) is 8.08. The number of halogens is 2. The second-order valence-corrected chi connectivity index (χ2v) is 8.49. The molecule has 0 radical (unpaired) electrons. The quantitative estimate of drug-likeness (QED) is 0.355. The van der Waals surface area contributed by atoms with Crippen molar-refractivity contribution < 1.29 is 9.60 Å². The van der Waals surface area contributed by atoms with E-state index in [2.05, 4.69) is 15.5 Å². The Morgan fingerprint density at radius 1 is 1.23 bits per heavy atom. The zero-order valence-electron chi connectivity index (χ0n) is 16.9. The van der Waals surface area contributed by atoms with Crippen LogP contribution in [0.15, 0.2) is 40.6 Å². The first-order valence-corrected chi connectivity index (χ1v) is 11.0. The van der Waals surface area contributed by atoms with Crippen molar-refractivity contribution in [2.24, 2.45) is 16.1 Å². The zero-order valence-corrected chi connectivity index (χ0v) is 17.6. The van der Waals surface area contributed by atoms with E-state index in [1.807, 2.05) is 6.07 Å². The normalized spacial score (nSPS) is 18.5. The van der Waals surface area contributed by atoms with Gasteiger partial charge in [-0.25, -0.2) is 9.37 Å². The highest BCUT2D eigenvalue weighted by Crippen LogP contribution is 2.28. The Morgan fingerprint density at radius 3 is 2.83 bits per heavy atom. The van der Waals surface area contributed by atoms with E-state index in [0.717, 1.165) is 47.2 Å². The third kappa shape index (κ3) is 4.81. The largest absolute Gasteiger partial charge is 0.411 e. The van der Waals surface area contributed by atoms with E-state index in [4.69, 9.17) is 16.6 Å². The molecule has 4 rings (SSSR count). The summed E-state index contributed by atoms with van der Waals surface area (Å²) in [6, 6.07) is 6.36. The average Bonchev–Trinajstić information content (AvgIpc) is 3.18. The van der Waals surface area contributed by atoms with Crippen LogP contribution in [0.3, 0.4) is 0 Å². The van der Waals surface area contributed by atoms with Crippen LogP contribution in [0.1, 0.15) is 55.2 Å². The third-order valence-electron chi connectivity index (χ3n) is 6.01. The molecule has 0 atom stereocenters. The first kappa shape index (κ1) is 20.8. The lowest BCUT2D eigenvalue weighted by molar-refractivity contribution is 0.318. The van der Waals surface area contributed by atoms with Gasteiger partial charge in [0.2, 0.25) is 0 Å².